The maximum atomic E-state index is 13.6. The van der Waals surface area contributed by atoms with Crippen molar-refractivity contribution in [2.24, 2.45) is 0 Å². The van der Waals surface area contributed by atoms with Crippen LogP contribution in [0.4, 0.5) is 21.5 Å². The van der Waals surface area contributed by atoms with Crippen LogP contribution in [0.25, 0.3) is 0 Å². The number of carbonyl (C=O) groups excluding carboxylic acids is 3. The highest BCUT2D eigenvalue weighted by atomic mass is 79.9. The minimum atomic E-state index is -0.574. The Morgan fingerprint density at radius 1 is 0.875 bits per heavy atom. The third-order valence-corrected chi connectivity index (χ3v) is 7.50. The molecule has 4 aromatic rings. The second-order valence-electron chi connectivity index (χ2n) is 8.57. The summed E-state index contributed by atoms with van der Waals surface area (Å²) in [6, 6.07) is 26.0. The summed E-state index contributed by atoms with van der Waals surface area (Å²) in [5, 5.41) is 5.93. The fraction of sp³-hybridized carbons (Fsp3) is 0.0333. The Bertz CT molecular complexity index is 1620. The van der Waals surface area contributed by atoms with Crippen molar-refractivity contribution in [1.82, 2.24) is 0 Å². The number of hydrogen-bond acceptors (Lipinski definition) is 6. The zero-order chi connectivity index (χ0) is 28.2. The number of imide groups is 1. The summed E-state index contributed by atoms with van der Waals surface area (Å²) in [6.45, 7) is 0. The number of nitrogens with zero attached hydrogens (tertiary/aromatic N) is 1. The van der Waals surface area contributed by atoms with Crippen LogP contribution < -0.4 is 20.3 Å². The number of carbonyl (C=O) groups is 3. The first-order valence-electron chi connectivity index (χ1n) is 12.0. The van der Waals surface area contributed by atoms with Crippen molar-refractivity contribution >= 4 is 62.5 Å². The molecule has 200 valence electrons. The van der Waals surface area contributed by atoms with Crippen LogP contribution in [0.3, 0.4) is 0 Å². The molecule has 0 saturated heterocycles. The largest absolute Gasteiger partial charge is 0.497 e. The molecule has 7 nitrogen and oxygen atoms in total. The number of nitrogens with one attached hydrogen (secondary N) is 2. The Balaban J connectivity index is 1.44. The van der Waals surface area contributed by atoms with Gasteiger partial charge in [-0.3, -0.25) is 14.4 Å². The second kappa shape index (κ2) is 11.8. The zero-order valence-corrected chi connectivity index (χ0v) is 23.4. The molecule has 4 aromatic carbocycles. The highest BCUT2D eigenvalue weighted by Gasteiger charge is 2.40. The maximum Gasteiger partial charge on any atom is 0.283 e. The van der Waals surface area contributed by atoms with Crippen molar-refractivity contribution in [2.75, 3.05) is 22.6 Å². The minimum Gasteiger partial charge on any atom is -0.497 e. The van der Waals surface area contributed by atoms with E-state index in [1.807, 2.05) is 0 Å². The molecule has 1 aliphatic rings. The first-order chi connectivity index (χ1) is 19.3. The van der Waals surface area contributed by atoms with Crippen LogP contribution in [-0.4, -0.2) is 24.8 Å². The van der Waals surface area contributed by atoms with E-state index in [1.165, 1.54) is 24.3 Å². The van der Waals surface area contributed by atoms with Gasteiger partial charge in [-0.15, -0.1) is 0 Å². The molecule has 5 rings (SSSR count). The molecule has 1 aliphatic heterocycles. The Morgan fingerprint density at radius 3 is 2.25 bits per heavy atom. The summed E-state index contributed by atoms with van der Waals surface area (Å²) >= 11 is 4.44. The Hall–Kier alpha value is -4.41. The van der Waals surface area contributed by atoms with Crippen molar-refractivity contribution in [3.8, 4) is 5.75 Å². The lowest BCUT2D eigenvalue weighted by Crippen LogP contribution is -2.32. The quantitative estimate of drug-likeness (QED) is 0.211. The van der Waals surface area contributed by atoms with Crippen LogP contribution in [0.2, 0.25) is 0 Å². The number of anilines is 3. The molecule has 0 fully saturated rings. The Kier molecular flexibility index (Phi) is 7.99. The van der Waals surface area contributed by atoms with Crippen LogP contribution in [-0.2, 0) is 9.59 Å². The smallest absolute Gasteiger partial charge is 0.283 e. The summed E-state index contributed by atoms with van der Waals surface area (Å²) in [4.78, 5) is 41.6. The predicted molar refractivity (Wildman–Crippen MR) is 157 cm³/mol. The van der Waals surface area contributed by atoms with Gasteiger partial charge in [0.15, 0.2) is 0 Å². The van der Waals surface area contributed by atoms with Gasteiger partial charge < -0.3 is 15.4 Å². The Morgan fingerprint density at radius 2 is 1.57 bits per heavy atom. The number of ether oxygens (including phenoxy) is 1. The number of hydrogen-bond donors (Lipinski definition) is 2. The molecule has 2 N–H and O–H groups in total. The van der Waals surface area contributed by atoms with Gasteiger partial charge in [0.1, 0.15) is 22.2 Å². The molecule has 0 aromatic heterocycles. The van der Waals surface area contributed by atoms with E-state index in [-0.39, 0.29) is 22.2 Å². The third-order valence-electron chi connectivity index (χ3n) is 5.90. The van der Waals surface area contributed by atoms with Crippen LogP contribution in [0, 0.1) is 5.82 Å². The molecule has 0 atom stereocenters. The Labute approximate surface area is 242 Å². The average Bonchev–Trinajstić information content (AvgIpc) is 3.18. The number of methoxy groups -OCH3 is 1. The lowest BCUT2D eigenvalue weighted by molar-refractivity contribution is -0.120. The van der Waals surface area contributed by atoms with Crippen LogP contribution in [0.15, 0.2) is 117 Å². The van der Waals surface area contributed by atoms with Crippen molar-refractivity contribution < 1.29 is 23.5 Å². The number of thioether (sulfide) groups is 1. The first-order valence-corrected chi connectivity index (χ1v) is 13.6. The molecule has 40 heavy (non-hydrogen) atoms. The van der Waals surface area contributed by atoms with Crippen LogP contribution in [0.5, 0.6) is 5.75 Å². The number of benzene rings is 4. The van der Waals surface area contributed by atoms with E-state index in [9.17, 15) is 18.8 Å². The molecule has 0 spiro atoms. The van der Waals surface area contributed by atoms with Gasteiger partial charge in [-0.05, 0) is 91.0 Å². The standard InChI is InChI=1S/C30H21BrFN3O4S/c1-39-24-15-11-21(12-16-24)33-26-27(30(38)35(29(26)37)23-13-9-20(32)10-14-23)40-25-4-2-3-22(17-25)34-28(36)18-5-7-19(31)8-6-18/h2-17,33H,1H3,(H,34,36). The van der Waals surface area contributed by atoms with Crippen molar-refractivity contribution in [2.45, 2.75) is 4.90 Å². The van der Waals surface area contributed by atoms with Gasteiger partial charge in [-0.2, -0.15) is 0 Å². The van der Waals surface area contributed by atoms with Gasteiger partial charge in [0.05, 0.1) is 12.8 Å². The van der Waals surface area contributed by atoms with Crippen molar-refractivity contribution in [3.63, 3.8) is 0 Å². The molecule has 0 unspecified atom stereocenters. The predicted octanol–water partition coefficient (Wildman–Crippen LogP) is 6.84. The summed E-state index contributed by atoms with van der Waals surface area (Å²) < 4.78 is 19.6. The highest BCUT2D eigenvalue weighted by molar-refractivity contribution is 9.10. The van der Waals surface area contributed by atoms with E-state index < -0.39 is 17.6 Å². The van der Waals surface area contributed by atoms with E-state index in [2.05, 4.69) is 26.6 Å². The normalized spacial score (nSPS) is 13.0. The van der Waals surface area contributed by atoms with Crippen molar-refractivity contribution in [3.05, 3.63) is 124 Å². The molecule has 0 bridgehead atoms. The minimum absolute atomic E-state index is 0.0776. The van der Waals surface area contributed by atoms with Crippen LogP contribution >= 0.6 is 27.7 Å². The van der Waals surface area contributed by atoms with Gasteiger partial charge in [0, 0.05) is 26.3 Å². The fourth-order valence-corrected chi connectivity index (χ4v) is 5.17. The summed E-state index contributed by atoms with van der Waals surface area (Å²) in [5.74, 6) is -1.26. The lowest BCUT2D eigenvalue weighted by atomic mass is 10.2. The summed E-state index contributed by atoms with van der Waals surface area (Å²) in [7, 11) is 1.55. The lowest BCUT2D eigenvalue weighted by Gasteiger charge is -2.15. The zero-order valence-electron chi connectivity index (χ0n) is 21.0. The molecular weight excluding hydrogens is 597 g/mol. The molecule has 1 heterocycles. The van der Waals surface area contributed by atoms with Gasteiger partial charge in [-0.1, -0.05) is 33.8 Å². The van der Waals surface area contributed by atoms with Crippen molar-refractivity contribution in [1.29, 1.82) is 0 Å². The van der Waals surface area contributed by atoms with E-state index in [4.69, 9.17) is 4.74 Å². The molecule has 10 heteroatoms. The van der Waals surface area contributed by atoms with E-state index in [0.717, 1.165) is 21.1 Å². The SMILES string of the molecule is COc1ccc(NC2=C(Sc3cccc(NC(=O)c4ccc(Br)cc4)c3)C(=O)N(c3ccc(F)cc3)C2=O)cc1. The van der Waals surface area contributed by atoms with Gasteiger partial charge in [-0.25, -0.2) is 9.29 Å². The maximum absolute atomic E-state index is 13.6. The number of amides is 3. The fourth-order valence-electron chi connectivity index (χ4n) is 3.92. The number of rotatable bonds is 8. The van der Waals surface area contributed by atoms with E-state index in [0.29, 0.717) is 27.6 Å². The topological polar surface area (TPSA) is 87.7 Å². The number of halogens is 2. The average molecular weight is 618 g/mol. The molecule has 0 saturated carbocycles. The molecule has 0 radical (unpaired) electrons. The third kappa shape index (κ3) is 5.93. The van der Waals surface area contributed by atoms with E-state index in [1.54, 1.807) is 79.9 Å². The van der Waals surface area contributed by atoms with E-state index >= 15 is 0 Å². The molecular formula is C30H21BrFN3O4S. The summed E-state index contributed by atoms with van der Waals surface area (Å²) in [6.07, 6.45) is 0. The highest BCUT2D eigenvalue weighted by Crippen LogP contribution is 2.38. The van der Waals surface area contributed by atoms with Gasteiger partial charge in [0.2, 0.25) is 0 Å². The van der Waals surface area contributed by atoms with Gasteiger partial charge >= 0.3 is 0 Å². The van der Waals surface area contributed by atoms with Gasteiger partial charge in [0.25, 0.3) is 17.7 Å². The second-order valence-corrected chi connectivity index (χ2v) is 10.6. The summed E-state index contributed by atoms with van der Waals surface area (Å²) in [5.41, 5.74) is 1.91. The molecule has 0 aliphatic carbocycles. The molecule has 3 amide bonds. The van der Waals surface area contributed by atoms with Crippen LogP contribution in [0.1, 0.15) is 10.4 Å². The first kappa shape index (κ1) is 27.2. The monoisotopic (exact) mass is 617 g/mol.